The zero-order valence-electron chi connectivity index (χ0n) is 14.7. The third-order valence-electron chi connectivity index (χ3n) is 3.93. The number of ether oxygens (including phenoxy) is 2. The van der Waals surface area contributed by atoms with Crippen molar-refractivity contribution in [3.05, 3.63) is 18.2 Å². The quantitative estimate of drug-likeness (QED) is 0.725. The third-order valence-corrected chi connectivity index (χ3v) is 5.64. The van der Waals surface area contributed by atoms with Gasteiger partial charge in [-0.25, -0.2) is 13.2 Å². The van der Waals surface area contributed by atoms with E-state index in [2.05, 4.69) is 5.32 Å². The highest BCUT2D eigenvalue weighted by Gasteiger charge is 2.25. The fraction of sp³-hybridized carbons (Fsp3) is 0.529. The lowest BCUT2D eigenvalue weighted by Gasteiger charge is -2.17. The fourth-order valence-electron chi connectivity index (χ4n) is 2.44. The van der Waals surface area contributed by atoms with E-state index in [1.807, 2.05) is 0 Å². The van der Waals surface area contributed by atoms with Gasteiger partial charge >= 0.3 is 5.97 Å². The monoisotopic (exact) mass is 385 g/mol. The van der Waals surface area contributed by atoms with Gasteiger partial charge in [-0.15, -0.1) is 0 Å². The van der Waals surface area contributed by atoms with Crippen LogP contribution in [0.2, 0.25) is 0 Å². The number of hydrogen-bond acceptors (Lipinski definition) is 6. The summed E-state index contributed by atoms with van der Waals surface area (Å²) in [5.41, 5.74) is 0. The van der Waals surface area contributed by atoms with Gasteiger partial charge in [0.1, 0.15) is 6.04 Å². The van der Waals surface area contributed by atoms with Crippen LogP contribution in [-0.4, -0.2) is 50.4 Å². The predicted molar refractivity (Wildman–Crippen MR) is 93.1 cm³/mol. The van der Waals surface area contributed by atoms with Crippen LogP contribution in [0.1, 0.15) is 26.7 Å². The Kier molecular flexibility index (Phi) is 6.47. The van der Waals surface area contributed by atoms with Gasteiger partial charge in [-0.3, -0.25) is 4.79 Å². The number of carboxylic acids is 1. The maximum atomic E-state index is 12.5. The molecule has 0 fully saturated rings. The second-order valence-electron chi connectivity index (χ2n) is 6.36. The van der Waals surface area contributed by atoms with E-state index < -0.39 is 33.5 Å². The zero-order valence-corrected chi connectivity index (χ0v) is 15.5. The van der Waals surface area contributed by atoms with Crippen LogP contribution in [0.15, 0.2) is 23.1 Å². The number of carboxylic acid groups (broad SMARTS) is 1. The van der Waals surface area contributed by atoms with Gasteiger partial charge < -0.3 is 19.9 Å². The number of sulfone groups is 1. The van der Waals surface area contributed by atoms with Crippen LogP contribution in [0.4, 0.5) is 0 Å². The van der Waals surface area contributed by atoms with Crippen molar-refractivity contribution in [2.24, 2.45) is 5.92 Å². The SMILES string of the molecule is CC(C)[C@@H](NC(=O)CCS(=O)(=O)c1ccc2c(c1)OCCCO2)C(=O)O. The molecule has 0 aliphatic carbocycles. The molecule has 26 heavy (non-hydrogen) atoms. The first-order valence-corrected chi connectivity index (χ1v) is 10.0. The maximum Gasteiger partial charge on any atom is 0.326 e. The Morgan fingerprint density at radius 3 is 2.46 bits per heavy atom. The van der Waals surface area contributed by atoms with Crippen molar-refractivity contribution in [3.63, 3.8) is 0 Å². The van der Waals surface area contributed by atoms with Gasteiger partial charge in [0, 0.05) is 18.9 Å². The topological polar surface area (TPSA) is 119 Å². The Balaban J connectivity index is 2.03. The van der Waals surface area contributed by atoms with E-state index in [1.165, 1.54) is 18.2 Å². The second-order valence-corrected chi connectivity index (χ2v) is 8.46. The van der Waals surface area contributed by atoms with Crippen molar-refractivity contribution in [1.82, 2.24) is 5.32 Å². The highest BCUT2D eigenvalue weighted by atomic mass is 32.2. The van der Waals surface area contributed by atoms with Gasteiger partial charge in [-0.1, -0.05) is 13.8 Å². The van der Waals surface area contributed by atoms with Gasteiger partial charge in [0.05, 0.1) is 23.9 Å². The third kappa shape index (κ3) is 5.10. The van der Waals surface area contributed by atoms with Crippen molar-refractivity contribution in [3.8, 4) is 11.5 Å². The number of carbonyl (C=O) groups excluding carboxylic acids is 1. The molecule has 1 atom stereocenters. The molecular formula is C17H23NO7S. The summed E-state index contributed by atoms with van der Waals surface area (Å²) in [5, 5.41) is 11.4. The Hall–Kier alpha value is -2.29. The van der Waals surface area contributed by atoms with Crippen LogP contribution in [0.5, 0.6) is 11.5 Å². The molecule has 2 rings (SSSR count). The molecule has 144 valence electrons. The Bertz CT molecular complexity index is 773. The number of amides is 1. The summed E-state index contributed by atoms with van der Waals surface area (Å²) in [6.45, 7) is 4.26. The first-order chi connectivity index (χ1) is 12.2. The van der Waals surface area contributed by atoms with E-state index in [0.29, 0.717) is 31.1 Å². The fourth-order valence-corrected chi connectivity index (χ4v) is 3.69. The highest BCUT2D eigenvalue weighted by molar-refractivity contribution is 7.91. The van der Waals surface area contributed by atoms with Gasteiger partial charge in [0.2, 0.25) is 5.91 Å². The second kappa shape index (κ2) is 8.39. The van der Waals surface area contributed by atoms with E-state index in [1.54, 1.807) is 13.8 Å². The summed E-state index contributed by atoms with van der Waals surface area (Å²) in [6.07, 6.45) is 0.380. The lowest BCUT2D eigenvalue weighted by molar-refractivity contribution is -0.143. The maximum absolute atomic E-state index is 12.5. The minimum atomic E-state index is -3.72. The lowest BCUT2D eigenvalue weighted by atomic mass is 10.0. The molecule has 0 spiro atoms. The molecule has 2 N–H and O–H groups in total. The van der Waals surface area contributed by atoms with E-state index in [0.717, 1.165) is 0 Å². The van der Waals surface area contributed by atoms with Crippen molar-refractivity contribution < 1.29 is 32.6 Å². The molecule has 8 nitrogen and oxygen atoms in total. The Labute approximate surface area is 152 Å². The van der Waals surface area contributed by atoms with Crippen molar-refractivity contribution >= 4 is 21.7 Å². The molecule has 9 heteroatoms. The number of nitrogens with one attached hydrogen (secondary N) is 1. The van der Waals surface area contributed by atoms with Crippen LogP contribution in [0.3, 0.4) is 0 Å². The molecule has 1 heterocycles. The van der Waals surface area contributed by atoms with E-state index in [4.69, 9.17) is 14.6 Å². The predicted octanol–water partition coefficient (Wildman–Crippen LogP) is 1.24. The normalized spacial score (nSPS) is 15.2. The van der Waals surface area contributed by atoms with Crippen molar-refractivity contribution in [2.45, 2.75) is 37.6 Å². The number of hydrogen-bond donors (Lipinski definition) is 2. The highest BCUT2D eigenvalue weighted by Crippen LogP contribution is 2.32. The minimum absolute atomic E-state index is 0.0354. The number of rotatable bonds is 7. The molecule has 1 aromatic carbocycles. The van der Waals surface area contributed by atoms with E-state index >= 15 is 0 Å². The average molecular weight is 385 g/mol. The molecule has 1 aromatic rings. The summed E-state index contributed by atoms with van der Waals surface area (Å²) >= 11 is 0. The van der Waals surface area contributed by atoms with Crippen LogP contribution in [0, 0.1) is 5.92 Å². The van der Waals surface area contributed by atoms with Crippen LogP contribution >= 0.6 is 0 Å². The molecule has 0 unspecified atom stereocenters. The van der Waals surface area contributed by atoms with Gasteiger partial charge in [-0.05, 0) is 18.1 Å². The largest absolute Gasteiger partial charge is 0.490 e. The van der Waals surface area contributed by atoms with E-state index in [9.17, 15) is 18.0 Å². The standard InChI is InChI=1S/C17H23NO7S/c1-11(2)16(17(20)21)18-15(19)6-9-26(22,23)12-4-5-13-14(10-12)25-8-3-7-24-13/h4-5,10-11,16H,3,6-9H2,1-2H3,(H,18,19)(H,20,21)/t16-/m1/s1. The zero-order chi connectivity index (χ0) is 19.3. The molecule has 1 amide bonds. The van der Waals surface area contributed by atoms with Gasteiger partial charge in [0.25, 0.3) is 0 Å². The van der Waals surface area contributed by atoms with Gasteiger partial charge in [0.15, 0.2) is 21.3 Å². The van der Waals surface area contributed by atoms with Crippen LogP contribution in [-0.2, 0) is 19.4 Å². The lowest BCUT2D eigenvalue weighted by Crippen LogP contribution is -2.44. The number of carbonyl (C=O) groups is 2. The summed E-state index contributed by atoms with van der Waals surface area (Å²) in [5.74, 6) is -1.67. The summed E-state index contributed by atoms with van der Waals surface area (Å²) in [7, 11) is -3.72. The Morgan fingerprint density at radius 2 is 1.85 bits per heavy atom. The number of aliphatic carboxylic acids is 1. The first kappa shape index (κ1) is 20.0. The molecule has 0 saturated carbocycles. The molecule has 1 aliphatic heterocycles. The summed E-state index contributed by atoms with van der Waals surface area (Å²) in [6, 6.07) is 3.28. The molecular weight excluding hydrogens is 362 g/mol. The summed E-state index contributed by atoms with van der Waals surface area (Å²) < 4.78 is 35.9. The van der Waals surface area contributed by atoms with Crippen LogP contribution in [0.25, 0.3) is 0 Å². The van der Waals surface area contributed by atoms with Crippen molar-refractivity contribution in [2.75, 3.05) is 19.0 Å². The van der Waals surface area contributed by atoms with E-state index in [-0.39, 0.29) is 17.2 Å². The Morgan fingerprint density at radius 1 is 1.19 bits per heavy atom. The smallest absolute Gasteiger partial charge is 0.326 e. The molecule has 0 bridgehead atoms. The molecule has 0 radical (unpaired) electrons. The summed E-state index contributed by atoms with van der Waals surface area (Å²) in [4.78, 5) is 23.1. The van der Waals surface area contributed by atoms with Crippen LogP contribution < -0.4 is 14.8 Å². The molecule has 1 aliphatic rings. The number of fused-ring (bicyclic) bond motifs is 1. The molecule has 0 aromatic heterocycles. The number of benzene rings is 1. The van der Waals surface area contributed by atoms with Gasteiger partial charge in [-0.2, -0.15) is 0 Å². The van der Waals surface area contributed by atoms with Crippen molar-refractivity contribution in [1.29, 1.82) is 0 Å². The minimum Gasteiger partial charge on any atom is -0.490 e. The first-order valence-electron chi connectivity index (χ1n) is 8.35. The molecule has 0 saturated heterocycles. The average Bonchev–Trinajstić information content (AvgIpc) is 2.82.